The van der Waals surface area contributed by atoms with Crippen molar-refractivity contribution in [1.29, 1.82) is 0 Å². The Balaban J connectivity index is 2.40. The largest absolute Gasteiger partial charge is 0.481 e. The molecule has 1 rings (SSSR count). The number of aliphatic hydroxyl groups is 1. The van der Waals surface area contributed by atoms with Crippen LogP contribution in [0.4, 0.5) is 4.79 Å². The summed E-state index contributed by atoms with van der Waals surface area (Å²) in [4.78, 5) is 33.2. The molecule has 21 heavy (non-hydrogen) atoms. The van der Waals surface area contributed by atoms with Gasteiger partial charge in [-0.25, -0.2) is 9.59 Å². The van der Waals surface area contributed by atoms with Crippen LogP contribution in [0.25, 0.3) is 0 Å². The maximum absolute atomic E-state index is 11.8. The predicted octanol–water partition coefficient (Wildman–Crippen LogP) is 0.297. The maximum atomic E-state index is 11.8. The van der Waals surface area contributed by atoms with Gasteiger partial charge in [-0.2, -0.15) is 0 Å². The quantitative estimate of drug-likeness (QED) is 0.459. The number of hydrogen-bond donors (Lipinski definition) is 5. The lowest BCUT2D eigenvalue weighted by Crippen LogP contribution is -2.52. The summed E-state index contributed by atoms with van der Waals surface area (Å²) < 4.78 is 0. The molecule has 120 valence electrons. The molecule has 2 unspecified atom stereocenters. The zero-order chi connectivity index (χ0) is 15.8. The molecule has 1 aliphatic rings. The fourth-order valence-corrected chi connectivity index (χ4v) is 2.36. The van der Waals surface area contributed by atoms with E-state index in [4.69, 9.17) is 10.2 Å². The van der Waals surface area contributed by atoms with Gasteiger partial charge in [0.1, 0.15) is 6.04 Å². The monoisotopic (exact) mass is 302 g/mol. The van der Waals surface area contributed by atoms with Crippen LogP contribution in [0.5, 0.6) is 0 Å². The lowest BCUT2D eigenvalue weighted by Gasteiger charge is -2.28. The first-order valence-electron chi connectivity index (χ1n) is 7.10. The second kappa shape index (κ2) is 8.46. The highest BCUT2D eigenvalue weighted by Crippen LogP contribution is 2.18. The molecule has 1 saturated carbocycles. The number of aliphatic carboxylic acids is 2. The number of carbonyl (C=O) groups excluding carboxylic acids is 1. The lowest BCUT2D eigenvalue weighted by atomic mass is 9.93. The third kappa shape index (κ3) is 6.44. The van der Waals surface area contributed by atoms with Gasteiger partial charge in [0.05, 0.1) is 12.1 Å². The van der Waals surface area contributed by atoms with E-state index in [1.807, 2.05) is 0 Å². The number of carbonyl (C=O) groups is 3. The smallest absolute Gasteiger partial charge is 0.326 e. The summed E-state index contributed by atoms with van der Waals surface area (Å²) in [6.45, 7) is 0. The molecule has 0 aromatic rings. The van der Waals surface area contributed by atoms with Crippen LogP contribution in [0, 0.1) is 0 Å². The lowest BCUT2D eigenvalue weighted by molar-refractivity contribution is -0.140. The third-order valence-corrected chi connectivity index (χ3v) is 3.53. The van der Waals surface area contributed by atoms with Gasteiger partial charge in [0.2, 0.25) is 0 Å². The average Bonchev–Trinajstić information content (AvgIpc) is 2.39. The fraction of sp³-hybridized carbons (Fsp3) is 0.769. The van der Waals surface area contributed by atoms with Crippen LogP contribution >= 0.6 is 0 Å². The summed E-state index contributed by atoms with van der Waals surface area (Å²) in [7, 11) is 0. The molecule has 0 heterocycles. The van der Waals surface area contributed by atoms with Crippen molar-refractivity contribution >= 4 is 18.0 Å². The number of hydrogen-bond acceptors (Lipinski definition) is 4. The van der Waals surface area contributed by atoms with E-state index >= 15 is 0 Å². The molecule has 1 aliphatic carbocycles. The summed E-state index contributed by atoms with van der Waals surface area (Å²) >= 11 is 0. The van der Waals surface area contributed by atoms with Crippen LogP contribution in [-0.4, -0.2) is 51.5 Å². The minimum atomic E-state index is -1.21. The summed E-state index contributed by atoms with van der Waals surface area (Å²) in [5.74, 6) is -2.21. The van der Waals surface area contributed by atoms with Crippen molar-refractivity contribution in [3.05, 3.63) is 0 Å². The van der Waals surface area contributed by atoms with E-state index in [2.05, 4.69) is 10.6 Å². The van der Waals surface area contributed by atoms with E-state index in [-0.39, 0.29) is 25.3 Å². The van der Waals surface area contributed by atoms with Gasteiger partial charge >= 0.3 is 18.0 Å². The number of urea groups is 1. The van der Waals surface area contributed by atoms with Crippen LogP contribution < -0.4 is 10.6 Å². The first kappa shape index (κ1) is 17.2. The van der Waals surface area contributed by atoms with Crippen molar-refractivity contribution in [2.75, 3.05) is 0 Å². The standard InChI is InChI=1S/C13H22N2O6/c16-10-6-2-1-4-8(10)14-13(21)15-9(12(19)20)5-3-7-11(17)18/h8-10,16H,1-7H2,(H,17,18)(H,19,20)(H2,14,15,21)/t8?,9-,10?/m1/s1. The Bertz CT molecular complexity index is 387. The van der Waals surface area contributed by atoms with Gasteiger partial charge < -0.3 is 26.0 Å². The highest BCUT2D eigenvalue weighted by Gasteiger charge is 2.26. The minimum Gasteiger partial charge on any atom is -0.481 e. The van der Waals surface area contributed by atoms with Crippen LogP contribution in [0.3, 0.4) is 0 Å². The second-order valence-electron chi connectivity index (χ2n) is 5.25. The zero-order valence-electron chi connectivity index (χ0n) is 11.7. The van der Waals surface area contributed by atoms with Crippen molar-refractivity contribution in [2.45, 2.75) is 63.1 Å². The number of aliphatic hydroxyl groups excluding tert-OH is 1. The third-order valence-electron chi connectivity index (χ3n) is 3.53. The topological polar surface area (TPSA) is 136 Å². The molecular formula is C13H22N2O6. The van der Waals surface area contributed by atoms with Gasteiger partial charge in [0.15, 0.2) is 0 Å². The Morgan fingerprint density at radius 1 is 1.14 bits per heavy atom. The highest BCUT2D eigenvalue weighted by atomic mass is 16.4. The number of rotatable bonds is 7. The van der Waals surface area contributed by atoms with Crippen molar-refractivity contribution in [3.63, 3.8) is 0 Å². The summed E-state index contributed by atoms with van der Waals surface area (Å²) in [5, 5.41) is 32.1. The van der Waals surface area contributed by atoms with Crippen LogP contribution in [0.2, 0.25) is 0 Å². The van der Waals surface area contributed by atoms with Crippen molar-refractivity contribution in [2.24, 2.45) is 0 Å². The zero-order valence-corrected chi connectivity index (χ0v) is 11.7. The minimum absolute atomic E-state index is 0.0439. The Hall–Kier alpha value is -1.83. The SMILES string of the molecule is O=C(O)CCC[C@@H](NC(=O)NC1CCCCC1O)C(=O)O. The first-order valence-corrected chi connectivity index (χ1v) is 7.10. The predicted molar refractivity (Wildman–Crippen MR) is 72.8 cm³/mol. The number of amides is 2. The van der Waals surface area contributed by atoms with Crippen molar-refractivity contribution in [1.82, 2.24) is 10.6 Å². The number of carboxylic acids is 2. The molecule has 8 nitrogen and oxygen atoms in total. The van der Waals surface area contributed by atoms with Crippen molar-refractivity contribution < 1.29 is 29.7 Å². The molecule has 8 heteroatoms. The molecular weight excluding hydrogens is 280 g/mol. The molecule has 0 aliphatic heterocycles. The van der Waals surface area contributed by atoms with E-state index in [0.717, 1.165) is 12.8 Å². The van der Waals surface area contributed by atoms with E-state index < -0.39 is 30.1 Å². The van der Waals surface area contributed by atoms with E-state index in [1.54, 1.807) is 0 Å². The Labute approximate surface area is 122 Å². The van der Waals surface area contributed by atoms with Gasteiger partial charge in [0, 0.05) is 6.42 Å². The average molecular weight is 302 g/mol. The Morgan fingerprint density at radius 2 is 1.81 bits per heavy atom. The van der Waals surface area contributed by atoms with Gasteiger partial charge in [0.25, 0.3) is 0 Å². The highest BCUT2D eigenvalue weighted by molar-refractivity contribution is 5.82. The maximum Gasteiger partial charge on any atom is 0.326 e. The molecule has 0 spiro atoms. The van der Waals surface area contributed by atoms with Crippen LogP contribution in [0.1, 0.15) is 44.9 Å². The van der Waals surface area contributed by atoms with Gasteiger partial charge in [-0.1, -0.05) is 12.8 Å². The van der Waals surface area contributed by atoms with Crippen molar-refractivity contribution in [3.8, 4) is 0 Å². The molecule has 0 aromatic carbocycles. The Morgan fingerprint density at radius 3 is 2.38 bits per heavy atom. The summed E-state index contributed by atoms with van der Waals surface area (Å²) in [5.41, 5.74) is 0. The van der Waals surface area contributed by atoms with Crippen LogP contribution in [0.15, 0.2) is 0 Å². The van der Waals surface area contributed by atoms with Gasteiger partial charge in [-0.3, -0.25) is 4.79 Å². The molecule has 0 bridgehead atoms. The van der Waals surface area contributed by atoms with Crippen LogP contribution in [-0.2, 0) is 9.59 Å². The fourth-order valence-electron chi connectivity index (χ4n) is 2.36. The van der Waals surface area contributed by atoms with E-state index in [0.29, 0.717) is 12.8 Å². The van der Waals surface area contributed by atoms with E-state index in [9.17, 15) is 19.5 Å². The molecule has 5 N–H and O–H groups in total. The van der Waals surface area contributed by atoms with E-state index in [1.165, 1.54) is 0 Å². The Kier molecular flexibility index (Phi) is 6.93. The number of nitrogens with one attached hydrogen (secondary N) is 2. The molecule has 3 atom stereocenters. The van der Waals surface area contributed by atoms with Gasteiger partial charge in [-0.05, 0) is 25.7 Å². The molecule has 0 aromatic heterocycles. The molecule has 0 saturated heterocycles. The summed E-state index contributed by atoms with van der Waals surface area (Å²) in [6, 6.07) is -2.15. The molecule has 0 radical (unpaired) electrons. The molecule has 1 fully saturated rings. The molecule has 2 amide bonds. The summed E-state index contributed by atoms with van der Waals surface area (Å²) in [6.07, 6.45) is 2.54. The van der Waals surface area contributed by atoms with Gasteiger partial charge in [-0.15, -0.1) is 0 Å². The second-order valence-corrected chi connectivity index (χ2v) is 5.25. The number of carboxylic acid groups (broad SMARTS) is 2. The normalized spacial score (nSPS) is 23.1. The first-order chi connectivity index (χ1) is 9.90.